The molecule has 0 aliphatic heterocycles. The molecule has 0 fully saturated rings. The molecule has 0 unspecified atom stereocenters. The van der Waals surface area contributed by atoms with E-state index in [2.05, 4.69) is 17.5 Å². The number of hydrogen-bond acceptors (Lipinski definition) is 3. The van der Waals surface area contributed by atoms with Gasteiger partial charge >= 0.3 is 0 Å². The molecule has 1 N–H and O–H groups in total. The molecular weight excluding hydrogens is 228 g/mol. The Morgan fingerprint density at radius 2 is 2.00 bits per heavy atom. The molecule has 0 bridgehead atoms. The summed E-state index contributed by atoms with van der Waals surface area (Å²) < 4.78 is 5.08. The van der Waals surface area contributed by atoms with E-state index < -0.39 is 0 Å². The Morgan fingerprint density at radius 1 is 1.33 bits per heavy atom. The third-order valence-electron chi connectivity index (χ3n) is 2.61. The van der Waals surface area contributed by atoms with Gasteiger partial charge in [0.15, 0.2) is 0 Å². The number of nitrogens with zero attached hydrogens (tertiary/aromatic N) is 1. The van der Waals surface area contributed by atoms with Crippen molar-refractivity contribution < 1.29 is 9.53 Å². The molecule has 4 nitrogen and oxygen atoms in total. The average Bonchev–Trinajstić information content (AvgIpc) is 2.42. The monoisotopic (exact) mass is 248 g/mol. The maximum absolute atomic E-state index is 11.4. The van der Waals surface area contributed by atoms with Gasteiger partial charge in [0.1, 0.15) is 5.75 Å². The summed E-state index contributed by atoms with van der Waals surface area (Å²) in [6, 6.07) is 7.56. The number of carbonyl (C=O) groups is 1. The minimum Gasteiger partial charge on any atom is -0.497 e. The number of amides is 1. The van der Waals surface area contributed by atoms with E-state index in [1.165, 1.54) is 0 Å². The van der Waals surface area contributed by atoms with Gasteiger partial charge in [-0.1, -0.05) is 13.3 Å². The molecule has 0 saturated carbocycles. The van der Waals surface area contributed by atoms with Crippen LogP contribution in [0.1, 0.15) is 38.7 Å². The molecule has 0 heterocycles. The van der Waals surface area contributed by atoms with E-state index in [1.807, 2.05) is 31.2 Å². The van der Waals surface area contributed by atoms with Gasteiger partial charge in [0.2, 0.25) is 5.91 Å². The standard InChI is InChI=1S/C14H20N2O2/c1-4-5-6-14(17)16-15-11(2)12-7-9-13(18-3)10-8-12/h7-10H,4-6H2,1-3H3,(H,16,17)/b15-11+. The highest BCUT2D eigenvalue weighted by Crippen LogP contribution is 2.11. The second-order valence-corrected chi connectivity index (χ2v) is 4.06. The minimum absolute atomic E-state index is 0.0373. The SMILES string of the molecule is CCCCC(=O)N/N=C(\C)c1ccc(OC)cc1. The predicted octanol–water partition coefficient (Wildman–Crippen LogP) is 2.73. The third kappa shape index (κ3) is 4.57. The lowest BCUT2D eigenvalue weighted by atomic mass is 10.1. The molecule has 18 heavy (non-hydrogen) atoms. The van der Waals surface area contributed by atoms with Gasteiger partial charge in [0.25, 0.3) is 0 Å². The molecule has 0 saturated heterocycles. The number of unbranched alkanes of at least 4 members (excludes halogenated alkanes) is 1. The summed E-state index contributed by atoms with van der Waals surface area (Å²) in [5, 5.41) is 4.08. The number of ether oxygens (including phenoxy) is 1. The average molecular weight is 248 g/mol. The van der Waals surface area contributed by atoms with Crippen LogP contribution in [0.5, 0.6) is 5.75 Å². The molecule has 1 aromatic carbocycles. The Hall–Kier alpha value is -1.84. The van der Waals surface area contributed by atoms with Crippen LogP contribution in [-0.2, 0) is 4.79 Å². The Kier molecular flexibility index (Phi) is 5.91. The van der Waals surface area contributed by atoms with Crippen molar-refractivity contribution in [1.29, 1.82) is 0 Å². The zero-order valence-electron chi connectivity index (χ0n) is 11.2. The molecular formula is C14H20N2O2. The van der Waals surface area contributed by atoms with Crippen molar-refractivity contribution >= 4 is 11.6 Å². The van der Waals surface area contributed by atoms with Gasteiger partial charge in [-0.25, -0.2) is 5.43 Å². The summed E-state index contributed by atoms with van der Waals surface area (Å²) in [5.41, 5.74) is 4.31. The minimum atomic E-state index is -0.0373. The zero-order valence-corrected chi connectivity index (χ0v) is 11.2. The molecule has 0 aromatic heterocycles. The van der Waals surface area contributed by atoms with E-state index in [1.54, 1.807) is 7.11 Å². The van der Waals surface area contributed by atoms with Crippen molar-refractivity contribution in [2.24, 2.45) is 5.10 Å². The molecule has 0 radical (unpaired) electrons. The van der Waals surface area contributed by atoms with Crippen LogP contribution >= 0.6 is 0 Å². The van der Waals surface area contributed by atoms with Crippen LogP contribution in [0.25, 0.3) is 0 Å². The summed E-state index contributed by atoms with van der Waals surface area (Å²) in [4.78, 5) is 11.4. The van der Waals surface area contributed by atoms with Crippen molar-refractivity contribution in [2.75, 3.05) is 7.11 Å². The molecule has 1 aromatic rings. The third-order valence-corrected chi connectivity index (χ3v) is 2.61. The number of rotatable bonds is 6. The fraction of sp³-hybridized carbons (Fsp3) is 0.429. The quantitative estimate of drug-likeness (QED) is 0.621. The fourth-order valence-corrected chi connectivity index (χ4v) is 1.44. The van der Waals surface area contributed by atoms with Crippen LogP contribution in [0.15, 0.2) is 29.4 Å². The van der Waals surface area contributed by atoms with Gasteiger partial charge in [-0.2, -0.15) is 5.10 Å². The van der Waals surface area contributed by atoms with Crippen LogP contribution < -0.4 is 10.2 Å². The molecule has 0 aliphatic carbocycles. The van der Waals surface area contributed by atoms with Crippen molar-refractivity contribution in [3.8, 4) is 5.75 Å². The normalized spacial score (nSPS) is 11.2. The first-order valence-corrected chi connectivity index (χ1v) is 6.15. The number of nitrogens with one attached hydrogen (secondary N) is 1. The molecule has 1 rings (SSSR count). The van der Waals surface area contributed by atoms with Crippen LogP contribution in [0, 0.1) is 0 Å². The van der Waals surface area contributed by atoms with Gasteiger partial charge in [0.05, 0.1) is 12.8 Å². The van der Waals surface area contributed by atoms with E-state index >= 15 is 0 Å². The van der Waals surface area contributed by atoms with Crippen molar-refractivity contribution in [3.63, 3.8) is 0 Å². The highest BCUT2D eigenvalue weighted by atomic mass is 16.5. The largest absolute Gasteiger partial charge is 0.497 e. The van der Waals surface area contributed by atoms with Crippen molar-refractivity contribution in [3.05, 3.63) is 29.8 Å². The van der Waals surface area contributed by atoms with Gasteiger partial charge in [-0.3, -0.25) is 4.79 Å². The lowest BCUT2D eigenvalue weighted by molar-refractivity contribution is -0.121. The highest BCUT2D eigenvalue weighted by Gasteiger charge is 2.01. The zero-order chi connectivity index (χ0) is 13.4. The summed E-state index contributed by atoms with van der Waals surface area (Å²) in [7, 11) is 1.63. The first-order chi connectivity index (χ1) is 8.67. The number of hydrogen-bond donors (Lipinski definition) is 1. The second kappa shape index (κ2) is 7.48. The molecule has 0 atom stereocenters. The van der Waals surface area contributed by atoms with Gasteiger partial charge in [-0.05, 0) is 43.2 Å². The van der Waals surface area contributed by atoms with Gasteiger partial charge in [0, 0.05) is 6.42 Å². The molecule has 1 amide bonds. The summed E-state index contributed by atoms with van der Waals surface area (Å²) >= 11 is 0. The summed E-state index contributed by atoms with van der Waals surface area (Å²) in [6.45, 7) is 3.92. The number of hydrazone groups is 1. The number of carbonyl (C=O) groups excluding carboxylic acids is 1. The molecule has 4 heteroatoms. The smallest absolute Gasteiger partial charge is 0.240 e. The van der Waals surface area contributed by atoms with Crippen molar-refractivity contribution in [2.45, 2.75) is 33.1 Å². The van der Waals surface area contributed by atoms with E-state index in [-0.39, 0.29) is 5.91 Å². The first kappa shape index (κ1) is 14.2. The molecule has 0 spiro atoms. The van der Waals surface area contributed by atoms with E-state index in [4.69, 9.17) is 4.74 Å². The Bertz CT molecular complexity index is 410. The van der Waals surface area contributed by atoms with E-state index in [9.17, 15) is 4.79 Å². The van der Waals surface area contributed by atoms with E-state index in [0.29, 0.717) is 6.42 Å². The molecule has 98 valence electrons. The predicted molar refractivity (Wildman–Crippen MR) is 72.9 cm³/mol. The van der Waals surface area contributed by atoms with Crippen LogP contribution in [0.4, 0.5) is 0 Å². The van der Waals surface area contributed by atoms with Gasteiger partial charge in [-0.15, -0.1) is 0 Å². The number of benzene rings is 1. The number of methoxy groups -OCH3 is 1. The first-order valence-electron chi connectivity index (χ1n) is 6.15. The Morgan fingerprint density at radius 3 is 2.56 bits per heavy atom. The van der Waals surface area contributed by atoms with E-state index in [0.717, 1.165) is 29.9 Å². The van der Waals surface area contributed by atoms with Gasteiger partial charge < -0.3 is 4.74 Å². The van der Waals surface area contributed by atoms with Crippen molar-refractivity contribution in [1.82, 2.24) is 5.43 Å². The van der Waals surface area contributed by atoms with Crippen LogP contribution in [0.3, 0.4) is 0 Å². The Labute approximate surface area is 108 Å². The van der Waals surface area contributed by atoms with Crippen LogP contribution in [-0.4, -0.2) is 18.7 Å². The lowest BCUT2D eigenvalue weighted by Gasteiger charge is -2.04. The maximum Gasteiger partial charge on any atom is 0.240 e. The second-order valence-electron chi connectivity index (χ2n) is 4.06. The highest BCUT2D eigenvalue weighted by molar-refractivity contribution is 5.99. The molecule has 0 aliphatic rings. The lowest BCUT2D eigenvalue weighted by Crippen LogP contribution is -2.18. The Balaban J connectivity index is 2.56. The summed E-state index contributed by atoms with van der Waals surface area (Å²) in [5.74, 6) is 0.767. The topological polar surface area (TPSA) is 50.7 Å². The maximum atomic E-state index is 11.4. The van der Waals surface area contributed by atoms with Crippen LogP contribution in [0.2, 0.25) is 0 Å². The summed E-state index contributed by atoms with van der Waals surface area (Å²) in [6.07, 6.45) is 2.42. The fourth-order valence-electron chi connectivity index (χ4n) is 1.44.